The fourth-order valence-corrected chi connectivity index (χ4v) is 4.90. The van der Waals surface area contributed by atoms with Crippen LogP contribution in [0.4, 0.5) is 11.4 Å². The molecule has 4 rings (SSSR count). The number of para-hydroxylation sites is 2. The van der Waals surface area contributed by atoms with Crippen molar-refractivity contribution in [3.05, 3.63) is 54.1 Å². The number of nitrogens with one attached hydrogen (secondary N) is 2. The molecule has 0 aromatic heterocycles. The van der Waals surface area contributed by atoms with Gasteiger partial charge in [0.1, 0.15) is 6.04 Å². The second-order valence-corrected chi connectivity index (χ2v) is 8.46. The predicted octanol–water partition coefficient (Wildman–Crippen LogP) is 1.35. The average Bonchev–Trinajstić information content (AvgIpc) is 3.11. The molecule has 1 saturated heterocycles. The molecule has 2 unspecified atom stereocenters. The third kappa shape index (κ3) is 3.23. The molecule has 2 aliphatic heterocycles. The van der Waals surface area contributed by atoms with Crippen LogP contribution in [0.1, 0.15) is 16.8 Å². The summed E-state index contributed by atoms with van der Waals surface area (Å²) < 4.78 is 32.7. The van der Waals surface area contributed by atoms with E-state index in [0.717, 1.165) is 11.4 Å². The van der Waals surface area contributed by atoms with Crippen molar-refractivity contribution in [1.29, 1.82) is 0 Å². The van der Waals surface area contributed by atoms with E-state index in [-0.39, 0.29) is 16.4 Å². The van der Waals surface area contributed by atoms with Gasteiger partial charge in [-0.25, -0.2) is 17.9 Å². The Morgan fingerprint density at radius 2 is 1.89 bits per heavy atom. The first-order valence-corrected chi connectivity index (χ1v) is 10.2. The molecule has 0 radical (unpaired) electrons. The molecule has 2 aromatic carbocycles. The lowest BCUT2D eigenvalue weighted by Crippen LogP contribution is -2.44. The molecular formula is C19H19N3O5S. The zero-order chi connectivity index (χ0) is 19.9. The van der Waals surface area contributed by atoms with Gasteiger partial charge in [0.25, 0.3) is 0 Å². The van der Waals surface area contributed by atoms with Crippen LogP contribution in [-0.4, -0.2) is 46.0 Å². The zero-order valence-electron chi connectivity index (χ0n) is 15.1. The number of carbonyl (C=O) groups excluding carboxylic acids is 2. The summed E-state index contributed by atoms with van der Waals surface area (Å²) in [6.07, 6.45) is 0.375. The highest BCUT2D eigenvalue weighted by Crippen LogP contribution is 2.36. The molecule has 2 atom stereocenters. The summed E-state index contributed by atoms with van der Waals surface area (Å²) in [5.41, 5.74) is 1.88. The number of amides is 1. The molecule has 0 bridgehead atoms. The quantitative estimate of drug-likeness (QED) is 0.750. The minimum Gasteiger partial charge on any atom is -0.465 e. The van der Waals surface area contributed by atoms with Crippen LogP contribution in [-0.2, 0) is 19.6 Å². The number of fused-ring (bicyclic) bond motifs is 3. The third-order valence-corrected chi connectivity index (χ3v) is 6.52. The van der Waals surface area contributed by atoms with E-state index in [2.05, 4.69) is 14.8 Å². The van der Waals surface area contributed by atoms with Gasteiger partial charge in [0.2, 0.25) is 15.9 Å². The molecule has 2 aliphatic rings. The van der Waals surface area contributed by atoms with Crippen molar-refractivity contribution < 1.29 is 22.7 Å². The summed E-state index contributed by atoms with van der Waals surface area (Å²) in [6, 6.07) is 12.2. The highest BCUT2D eigenvalue weighted by Gasteiger charge is 2.42. The molecular weight excluding hydrogens is 382 g/mol. The lowest BCUT2D eigenvalue weighted by atomic mass is 10.1. The molecule has 1 fully saturated rings. The van der Waals surface area contributed by atoms with Crippen LogP contribution in [0.3, 0.4) is 0 Å². The van der Waals surface area contributed by atoms with E-state index >= 15 is 0 Å². The van der Waals surface area contributed by atoms with Crippen molar-refractivity contribution in [2.24, 2.45) is 0 Å². The number of hydrogen-bond donors (Lipinski definition) is 2. The van der Waals surface area contributed by atoms with Crippen molar-refractivity contribution in [3.63, 3.8) is 0 Å². The summed E-state index contributed by atoms with van der Waals surface area (Å²) in [5.74, 6) is -0.669. The topological polar surface area (TPSA) is 105 Å². The molecule has 2 N–H and O–H groups in total. The van der Waals surface area contributed by atoms with Crippen molar-refractivity contribution >= 4 is 33.3 Å². The molecule has 0 spiro atoms. The number of sulfonamides is 1. The largest absolute Gasteiger partial charge is 0.465 e. The summed E-state index contributed by atoms with van der Waals surface area (Å²) in [7, 11) is -2.53. The summed E-state index contributed by atoms with van der Waals surface area (Å²) in [4.78, 5) is 25.9. The van der Waals surface area contributed by atoms with Gasteiger partial charge in [-0.05, 0) is 42.8 Å². The van der Waals surface area contributed by atoms with Crippen molar-refractivity contribution in [2.75, 3.05) is 23.9 Å². The summed E-state index contributed by atoms with van der Waals surface area (Å²) >= 11 is 0. The second kappa shape index (κ2) is 6.92. The van der Waals surface area contributed by atoms with Crippen molar-refractivity contribution in [1.82, 2.24) is 4.72 Å². The maximum absolute atomic E-state index is 12.7. The van der Waals surface area contributed by atoms with Gasteiger partial charge < -0.3 is 15.0 Å². The highest BCUT2D eigenvalue weighted by atomic mass is 32.2. The second-order valence-electron chi connectivity index (χ2n) is 6.74. The molecule has 0 aliphatic carbocycles. The minimum atomic E-state index is -3.79. The summed E-state index contributed by atoms with van der Waals surface area (Å²) in [6.45, 7) is 0.397. The van der Waals surface area contributed by atoms with Crippen molar-refractivity contribution in [3.8, 4) is 0 Å². The van der Waals surface area contributed by atoms with Crippen LogP contribution in [0.2, 0.25) is 0 Å². The van der Waals surface area contributed by atoms with Crippen LogP contribution in [0.15, 0.2) is 53.4 Å². The Morgan fingerprint density at radius 3 is 2.61 bits per heavy atom. The minimum absolute atomic E-state index is 0.0508. The SMILES string of the molecule is COC(=O)c1ccc(S(=O)(=O)NC2CC3C(=O)Nc4ccccc4N3C2)cc1. The molecule has 2 aromatic rings. The Morgan fingerprint density at radius 1 is 1.18 bits per heavy atom. The highest BCUT2D eigenvalue weighted by molar-refractivity contribution is 7.89. The maximum Gasteiger partial charge on any atom is 0.337 e. The van der Waals surface area contributed by atoms with Crippen LogP contribution in [0.5, 0.6) is 0 Å². The number of ether oxygens (including phenoxy) is 1. The van der Waals surface area contributed by atoms with Crippen LogP contribution >= 0.6 is 0 Å². The lowest BCUT2D eigenvalue weighted by Gasteiger charge is -2.32. The van der Waals surface area contributed by atoms with Gasteiger partial charge in [0, 0.05) is 12.6 Å². The van der Waals surface area contributed by atoms with E-state index in [1.165, 1.54) is 31.4 Å². The molecule has 8 nitrogen and oxygen atoms in total. The van der Waals surface area contributed by atoms with E-state index in [1.54, 1.807) is 0 Å². The van der Waals surface area contributed by atoms with E-state index in [4.69, 9.17) is 0 Å². The molecule has 9 heteroatoms. The number of rotatable bonds is 4. The molecule has 0 saturated carbocycles. The number of esters is 1. The number of hydrogen-bond acceptors (Lipinski definition) is 6. The Labute approximate surface area is 162 Å². The maximum atomic E-state index is 12.7. The standard InChI is InChI=1S/C19H19N3O5S/c1-27-19(24)12-6-8-14(9-7-12)28(25,26)21-13-10-17-18(23)20-15-4-2-3-5-16(15)22(17)11-13/h2-9,13,17,21H,10-11H2,1H3,(H,20,23). The first kappa shape index (κ1) is 18.5. The molecule has 1 amide bonds. The van der Waals surface area contributed by atoms with E-state index in [9.17, 15) is 18.0 Å². The fraction of sp³-hybridized carbons (Fsp3) is 0.263. The fourth-order valence-electron chi connectivity index (χ4n) is 3.66. The van der Waals surface area contributed by atoms with Gasteiger partial charge in [-0.15, -0.1) is 0 Å². The third-order valence-electron chi connectivity index (χ3n) is 4.98. The van der Waals surface area contributed by atoms with E-state index in [0.29, 0.717) is 13.0 Å². The molecule has 146 valence electrons. The van der Waals surface area contributed by atoms with Crippen LogP contribution in [0.25, 0.3) is 0 Å². The van der Waals surface area contributed by atoms with Crippen LogP contribution < -0.4 is 14.9 Å². The molecule has 2 heterocycles. The Kier molecular flexibility index (Phi) is 4.56. The van der Waals surface area contributed by atoms with Gasteiger partial charge >= 0.3 is 5.97 Å². The van der Waals surface area contributed by atoms with Crippen LogP contribution in [0, 0.1) is 0 Å². The Balaban J connectivity index is 1.52. The molecule has 28 heavy (non-hydrogen) atoms. The van der Waals surface area contributed by atoms with Gasteiger partial charge in [0.15, 0.2) is 0 Å². The van der Waals surface area contributed by atoms with Gasteiger partial charge in [-0.1, -0.05) is 12.1 Å². The van der Waals surface area contributed by atoms with Crippen molar-refractivity contribution in [2.45, 2.75) is 23.4 Å². The number of anilines is 2. The smallest absolute Gasteiger partial charge is 0.337 e. The van der Waals surface area contributed by atoms with E-state index < -0.39 is 28.1 Å². The first-order chi connectivity index (χ1) is 13.4. The first-order valence-electron chi connectivity index (χ1n) is 8.76. The lowest BCUT2D eigenvalue weighted by molar-refractivity contribution is -0.117. The average molecular weight is 401 g/mol. The Bertz CT molecular complexity index is 1040. The normalized spacial score (nSPS) is 20.9. The van der Waals surface area contributed by atoms with Gasteiger partial charge in [-0.2, -0.15) is 0 Å². The predicted molar refractivity (Wildman–Crippen MR) is 103 cm³/mol. The monoisotopic (exact) mass is 401 g/mol. The number of methoxy groups -OCH3 is 1. The van der Waals surface area contributed by atoms with Gasteiger partial charge in [0.05, 0.1) is 28.9 Å². The zero-order valence-corrected chi connectivity index (χ0v) is 15.9. The number of nitrogens with zero attached hydrogens (tertiary/aromatic N) is 1. The Hall–Kier alpha value is -2.91. The van der Waals surface area contributed by atoms with Gasteiger partial charge in [-0.3, -0.25) is 4.79 Å². The van der Waals surface area contributed by atoms with E-state index in [1.807, 2.05) is 29.2 Å². The number of benzene rings is 2. The summed E-state index contributed by atoms with van der Waals surface area (Å²) in [5, 5.41) is 2.87. The number of carbonyl (C=O) groups is 2.